The van der Waals surface area contributed by atoms with Gasteiger partial charge in [-0.05, 0) is 30.3 Å². The molecule has 0 spiro atoms. The molecule has 4 rings (SSSR count). The quantitative estimate of drug-likeness (QED) is 0.606. The molecule has 8 heteroatoms. The number of fused-ring (bicyclic) bond motifs is 1. The van der Waals surface area contributed by atoms with Crippen molar-refractivity contribution in [3.63, 3.8) is 0 Å². The predicted molar refractivity (Wildman–Crippen MR) is 109 cm³/mol. The Morgan fingerprint density at radius 1 is 1.29 bits per heavy atom. The molecule has 0 bridgehead atoms. The number of hydrogen-bond acceptors (Lipinski definition) is 4. The molecule has 0 saturated carbocycles. The Balaban J connectivity index is 1.72. The fourth-order valence-corrected chi connectivity index (χ4v) is 3.95. The molecule has 5 nitrogen and oxygen atoms in total. The summed E-state index contributed by atoms with van der Waals surface area (Å²) in [6.07, 6.45) is 1.63. The molecule has 1 N–H and O–H groups in total. The van der Waals surface area contributed by atoms with Crippen LogP contribution in [0.5, 0.6) is 0 Å². The van der Waals surface area contributed by atoms with E-state index in [1.165, 1.54) is 35.3 Å². The van der Waals surface area contributed by atoms with Crippen molar-refractivity contribution in [1.29, 1.82) is 0 Å². The van der Waals surface area contributed by atoms with E-state index in [1.807, 2.05) is 0 Å². The van der Waals surface area contributed by atoms with Gasteiger partial charge in [0.25, 0.3) is 5.91 Å². The second-order valence-electron chi connectivity index (χ2n) is 6.06. The summed E-state index contributed by atoms with van der Waals surface area (Å²) in [4.78, 5) is 30.1. The van der Waals surface area contributed by atoms with Crippen molar-refractivity contribution >= 4 is 62.9 Å². The Kier molecular flexibility index (Phi) is 4.70. The number of nitrogens with one attached hydrogen (secondary N) is 1. The predicted octanol–water partition coefficient (Wildman–Crippen LogP) is 5.11. The first kappa shape index (κ1) is 18.3. The Morgan fingerprint density at radius 3 is 2.82 bits per heavy atom. The van der Waals surface area contributed by atoms with Crippen LogP contribution in [-0.4, -0.2) is 16.8 Å². The van der Waals surface area contributed by atoms with E-state index < -0.39 is 5.82 Å². The molecule has 0 fully saturated rings. The molecule has 1 aliphatic rings. The molecular formula is C20H13ClFN3O2S. The summed E-state index contributed by atoms with van der Waals surface area (Å²) >= 11 is 7.16. The van der Waals surface area contributed by atoms with Crippen LogP contribution in [0.2, 0.25) is 5.02 Å². The lowest BCUT2D eigenvalue weighted by atomic mass is 10.1. The van der Waals surface area contributed by atoms with Crippen LogP contribution in [0.4, 0.5) is 20.9 Å². The van der Waals surface area contributed by atoms with Gasteiger partial charge in [0, 0.05) is 22.9 Å². The minimum atomic E-state index is -0.520. The number of nitrogens with zero attached hydrogens (tertiary/aromatic N) is 2. The van der Waals surface area contributed by atoms with Gasteiger partial charge in [-0.2, -0.15) is 0 Å². The van der Waals surface area contributed by atoms with E-state index in [0.717, 1.165) is 5.56 Å². The van der Waals surface area contributed by atoms with Gasteiger partial charge in [-0.3, -0.25) is 14.5 Å². The summed E-state index contributed by atoms with van der Waals surface area (Å²) in [7, 11) is 0. The zero-order valence-corrected chi connectivity index (χ0v) is 16.1. The lowest BCUT2D eigenvalue weighted by Crippen LogP contribution is -2.23. The highest BCUT2D eigenvalue weighted by molar-refractivity contribution is 7.14. The largest absolute Gasteiger partial charge is 0.321 e. The van der Waals surface area contributed by atoms with Crippen LogP contribution in [-0.2, 0) is 9.59 Å². The van der Waals surface area contributed by atoms with Crippen LogP contribution in [0.1, 0.15) is 18.2 Å². The second-order valence-corrected chi connectivity index (χ2v) is 7.34. The molecular weight excluding hydrogens is 401 g/mol. The van der Waals surface area contributed by atoms with E-state index >= 15 is 0 Å². The van der Waals surface area contributed by atoms with Crippen molar-refractivity contribution in [2.24, 2.45) is 0 Å². The molecule has 2 heterocycles. The van der Waals surface area contributed by atoms with Crippen molar-refractivity contribution in [3.8, 4) is 0 Å². The summed E-state index contributed by atoms with van der Waals surface area (Å²) < 4.78 is 14.2. The molecule has 2 aromatic carbocycles. The topological polar surface area (TPSA) is 62.3 Å². The first-order valence-electron chi connectivity index (χ1n) is 8.28. The summed E-state index contributed by atoms with van der Waals surface area (Å²) in [6, 6.07) is 11.1. The van der Waals surface area contributed by atoms with Gasteiger partial charge in [-0.1, -0.05) is 29.8 Å². The molecule has 28 heavy (non-hydrogen) atoms. The lowest BCUT2D eigenvalue weighted by Gasteiger charge is -2.18. The number of para-hydroxylation sites is 1. The van der Waals surface area contributed by atoms with E-state index in [1.54, 1.807) is 41.8 Å². The number of hydrogen-bond donors (Lipinski definition) is 1. The number of carbonyl (C=O) groups is 2. The summed E-state index contributed by atoms with van der Waals surface area (Å²) in [5, 5.41) is 5.31. The lowest BCUT2D eigenvalue weighted by molar-refractivity contribution is -0.116. The van der Waals surface area contributed by atoms with Gasteiger partial charge < -0.3 is 5.32 Å². The van der Waals surface area contributed by atoms with Gasteiger partial charge in [-0.15, -0.1) is 11.3 Å². The number of thiazole rings is 1. The van der Waals surface area contributed by atoms with E-state index in [2.05, 4.69) is 10.3 Å². The zero-order valence-electron chi connectivity index (χ0n) is 14.6. The smallest absolute Gasteiger partial charge is 0.256 e. The van der Waals surface area contributed by atoms with Gasteiger partial charge in [0.05, 0.1) is 22.6 Å². The maximum absolute atomic E-state index is 14.2. The number of aromatic nitrogens is 1. The van der Waals surface area contributed by atoms with Crippen molar-refractivity contribution in [1.82, 2.24) is 4.98 Å². The summed E-state index contributed by atoms with van der Waals surface area (Å²) in [5.74, 6) is -1.14. The fourth-order valence-electron chi connectivity index (χ4n) is 2.94. The maximum atomic E-state index is 14.2. The first-order valence-corrected chi connectivity index (χ1v) is 9.53. The van der Waals surface area contributed by atoms with Crippen LogP contribution < -0.4 is 10.2 Å². The van der Waals surface area contributed by atoms with Crippen molar-refractivity contribution in [2.75, 3.05) is 10.2 Å². The second kappa shape index (κ2) is 7.18. The minimum Gasteiger partial charge on any atom is -0.321 e. The van der Waals surface area contributed by atoms with E-state index in [-0.39, 0.29) is 17.5 Å². The van der Waals surface area contributed by atoms with E-state index in [0.29, 0.717) is 27.1 Å². The number of anilines is 3. The molecule has 2 amide bonds. The van der Waals surface area contributed by atoms with Crippen molar-refractivity contribution in [2.45, 2.75) is 6.92 Å². The molecule has 0 saturated heterocycles. The standard InChI is InChI=1S/C20H13ClFN3O2S/c1-11(26)25(18-5-3-2-4-16(18)22)20-23-13(10-28-20)9-15-14-7-6-12(21)8-17(14)24-19(15)27/h2-10H,1H3,(H,24,27)/b15-9+. The minimum absolute atomic E-state index is 0.127. The molecule has 3 aromatic rings. The van der Waals surface area contributed by atoms with Gasteiger partial charge in [0.2, 0.25) is 5.91 Å². The van der Waals surface area contributed by atoms with E-state index in [9.17, 15) is 14.0 Å². The highest BCUT2D eigenvalue weighted by atomic mass is 35.5. The van der Waals surface area contributed by atoms with Crippen LogP contribution in [0.15, 0.2) is 47.8 Å². The van der Waals surface area contributed by atoms with Gasteiger partial charge in [0.1, 0.15) is 5.82 Å². The van der Waals surface area contributed by atoms with Crippen LogP contribution in [0, 0.1) is 5.82 Å². The van der Waals surface area contributed by atoms with E-state index in [4.69, 9.17) is 11.6 Å². The molecule has 0 atom stereocenters. The number of carbonyl (C=O) groups excluding carboxylic acids is 2. The van der Waals surface area contributed by atoms with Crippen molar-refractivity contribution in [3.05, 3.63) is 69.9 Å². The van der Waals surface area contributed by atoms with Crippen LogP contribution >= 0.6 is 22.9 Å². The third-order valence-electron chi connectivity index (χ3n) is 4.17. The molecule has 1 aliphatic heterocycles. The third-order valence-corrected chi connectivity index (χ3v) is 5.25. The number of rotatable bonds is 3. The van der Waals surface area contributed by atoms with Crippen LogP contribution in [0.3, 0.4) is 0 Å². The zero-order chi connectivity index (χ0) is 19.8. The van der Waals surface area contributed by atoms with Gasteiger partial charge >= 0.3 is 0 Å². The molecule has 0 aliphatic carbocycles. The third kappa shape index (κ3) is 3.30. The highest BCUT2D eigenvalue weighted by Gasteiger charge is 2.25. The summed E-state index contributed by atoms with van der Waals surface area (Å²) in [5.41, 5.74) is 2.43. The number of amides is 2. The maximum Gasteiger partial charge on any atom is 0.256 e. The average molecular weight is 414 g/mol. The molecule has 140 valence electrons. The van der Waals surface area contributed by atoms with Gasteiger partial charge in [-0.25, -0.2) is 9.37 Å². The average Bonchev–Trinajstić information content (AvgIpc) is 3.21. The Bertz CT molecular complexity index is 1140. The van der Waals surface area contributed by atoms with Crippen molar-refractivity contribution < 1.29 is 14.0 Å². The summed E-state index contributed by atoms with van der Waals surface area (Å²) in [6.45, 7) is 1.34. The Morgan fingerprint density at radius 2 is 2.07 bits per heavy atom. The Hall–Kier alpha value is -3.03. The highest BCUT2D eigenvalue weighted by Crippen LogP contribution is 2.36. The monoisotopic (exact) mass is 413 g/mol. The number of benzene rings is 2. The first-order chi connectivity index (χ1) is 13.4. The van der Waals surface area contributed by atoms with Crippen LogP contribution in [0.25, 0.3) is 11.6 Å². The Labute approximate surface area is 169 Å². The molecule has 0 unspecified atom stereocenters. The molecule has 0 radical (unpaired) electrons. The SMILES string of the molecule is CC(=O)N(c1nc(/C=C2/C(=O)Nc3cc(Cl)ccc32)cs1)c1ccccc1F. The fraction of sp³-hybridized carbons (Fsp3) is 0.0500. The van der Waals surface area contributed by atoms with Gasteiger partial charge in [0.15, 0.2) is 5.13 Å². The number of halogens is 2. The molecule has 1 aromatic heterocycles. The normalized spacial score (nSPS) is 14.1.